The third-order valence-electron chi connectivity index (χ3n) is 0.753. The van der Waals surface area contributed by atoms with Crippen LogP contribution in [0.4, 0.5) is 4.39 Å². The van der Waals surface area contributed by atoms with Gasteiger partial charge in [0.15, 0.2) is 13.2 Å². The van der Waals surface area contributed by atoms with Crippen molar-refractivity contribution in [1.29, 1.82) is 0 Å². The highest BCUT2D eigenvalue weighted by atomic mass is 19.1. The fourth-order valence-electron chi connectivity index (χ4n) is 0.447. The molecule has 2 nitrogen and oxygen atoms in total. The molecule has 3 heteroatoms. The Morgan fingerprint density at radius 2 is 2.57 bits per heavy atom. The lowest BCUT2D eigenvalue weighted by Crippen LogP contribution is -1.87. The summed E-state index contributed by atoms with van der Waals surface area (Å²) < 4.78 is 13.3. The van der Waals surface area contributed by atoms with Gasteiger partial charge in [0.25, 0.3) is 6.30 Å². The first-order valence-corrected chi connectivity index (χ1v) is 2.05. The molecule has 1 aliphatic heterocycles. The van der Waals surface area contributed by atoms with Crippen LogP contribution in [0.1, 0.15) is 0 Å². The zero-order valence-electron chi connectivity index (χ0n) is 4.00. The molecular weight excluding hydrogens is 95.1 g/mol. The van der Waals surface area contributed by atoms with E-state index in [4.69, 9.17) is 0 Å². The molecule has 0 radical (unpaired) electrons. The topological polar surface area (TPSA) is 15.4 Å². The summed E-state index contributed by atoms with van der Waals surface area (Å²) in [4.78, 5) is 0. The SMILES string of the molecule is C[N+]1=NC(F)C=C1. The summed E-state index contributed by atoms with van der Waals surface area (Å²) in [6.45, 7) is 0. The Morgan fingerprint density at radius 1 is 1.86 bits per heavy atom. The highest BCUT2D eigenvalue weighted by Gasteiger charge is 2.10. The van der Waals surface area contributed by atoms with E-state index in [2.05, 4.69) is 5.11 Å². The standard InChI is InChI=1S/C4H6FN2/c1-7-3-2-4(5)6-7/h2-4H,1H3/q+1. The van der Waals surface area contributed by atoms with Crippen LogP contribution in [0, 0.1) is 0 Å². The van der Waals surface area contributed by atoms with Gasteiger partial charge in [0.2, 0.25) is 0 Å². The summed E-state index contributed by atoms with van der Waals surface area (Å²) in [5, 5.41) is 3.44. The second kappa shape index (κ2) is 1.40. The quantitative estimate of drug-likeness (QED) is 0.318. The Balaban J connectivity index is 2.69. The molecule has 0 saturated heterocycles. The molecule has 1 heterocycles. The van der Waals surface area contributed by atoms with E-state index in [1.807, 2.05) is 0 Å². The molecule has 0 aromatic rings. The van der Waals surface area contributed by atoms with Gasteiger partial charge in [-0.25, -0.2) is 4.39 Å². The first-order valence-electron chi connectivity index (χ1n) is 2.05. The molecule has 0 aliphatic carbocycles. The Kier molecular flexibility index (Phi) is 0.889. The summed E-state index contributed by atoms with van der Waals surface area (Å²) in [6.07, 6.45) is 1.87. The largest absolute Gasteiger partial charge is 0.275 e. The van der Waals surface area contributed by atoms with Gasteiger partial charge in [-0.3, -0.25) is 0 Å². The average Bonchev–Trinajstić information content (AvgIpc) is 1.87. The molecule has 0 aromatic heterocycles. The Morgan fingerprint density at radius 3 is 2.71 bits per heavy atom. The van der Waals surface area contributed by atoms with Crippen LogP contribution < -0.4 is 0 Å². The first kappa shape index (κ1) is 4.43. The zero-order chi connectivity index (χ0) is 5.28. The molecular formula is C4H6FN2+. The van der Waals surface area contributed by atoms with Gasteiger partial charge in [-0.1, -0.05) is 4.70 Å². The van der Waals surface area contributed by atoms with Crippen molar-refractivity contribution in [3.63, 3.8) is 0 Å². The molecule has 1 unspecified atom stereocenters. The number of nitrogens with zero attached hydrogens (tertiary/aromatic N) is 2. The molecule has 1 rings (SSSR count). The summed E-state index contributed by atoms with van der Waals surface area (Å²) in [6, 6.07) is 0. The second-order valence-corrected chi connectivity index (χ2v) is 1.40. The molecule has 0 N–H and O–H groups in total. The highest BCUT2D eigenvalue weighted by Crippen LogP contribution is 2.01. The van der Waals surface area contributed by atoms with Gasteiger partial charge in [-0.15, -0.1) is 0 Å². The van der Waals surface area contributed by atoms with Crippen molar-refractivity contribution in [2.75, 3.05) is 7.05 Å². The van der Waals surface area contributed by atoms with Gasteiger partial charge in [0.1, 0.15) is 0 Å². The van der Waals surface area contributed by atoms with Crippen LogP contribution in [0.2, 0.25) is 0 Å². The first-order chi connectivity index (χ1) is 3.29. The van der Waals surface area contributed by atoms with Crippen molar-refractivity contribution < 1.29 is 9.09 Å². The minimum Gasteiger partial charge on any atom is -0.210 e. The molecule has 1 atom stereocenters. The van der Waals surface area contributed by atoms with E-state index >= 15 is 0 Å². The molecule has 0 amide bonds. The number of hydrogen-bond acceptors (Lipinski definition) is 1. The third-order valence-corrected chi connectivity index (χ3v) is 0.753. The van der Waals surface area contributed by atoms with Crippen LogP contribution in [-0.4, -0.2) is 18.0 Å². The summed E-state index contributed by atoms with van der Waals surface area (Å²) in [7, 11) is 1.69. The van der Waals surface area contributed by atoms with Gasteiger partial charge in [0, 0.05) is 11.2 Å². The van der Waals surface area contributed by atoms with Crippen LogP contribution >= 0.6 is 0 Å². The fraction of sp³-hybridized carbons (Fsp3) is 0.500. The monoisotopic (exact) mass is 101 g/mol. The van der Waals surface area contributed by atoms with Gasteiger partial charge >= 0.3 is 0 Å². The van der Waals surface area contributed by atoms with Crippen LogP contribution in [0.3, 0.4) is 0 Å². The molecule has 0 fully saturated rings. The van der Waals surface area contributed by atoms with Crippen LogP contribution in [0.25, 0.3) is 0 Å². The predicted octanol–water partition coefficient (Wildman–Crippen LogP) is 0.904. The van der Waals surface area contributed by atoms with E-state index in [0.29, 0.717) is 0 Å². The van der Waals surface area contributed by atoms with E-state index < -0.39 is 6.30 Å². The maximum absolute atomic E-state index is 11.9. The van der Waals surface area contributed by atoms with Crippen LogP contribution in [0.5, 0.6) is 0 Å². The second-order valence-electron chi connectivity index (χ2n) is 1.40. The molecule has 38 valence electrons. The third kappa shape index (κ3) is 0.824. The number of halogens is 1. The minimum atomic E-state index is -1.11. The number of rotatable bonds is 0. The lowest BCUT2D eigenvalue weighted by molar-refractivity contribution is -0.495. The van der Waals surface area contributed by atoms with Crippen LogP contribution in [-0.2, 0) is 0 Å². The van der Waals surface area contributed by atoms with Gasteiger partial charge in [-0.05, 0) is 0 Å². The number of hydrogen-bond donors (Lipinski definition) is 0. The molecule has 7 heavy (non-hydrogen) atoms. The van der Waals surface area contributed by atoms with E-state index in [1.54, 1.807) is 13.2 Å². The van der Waals surface area contributed by atoms with E-state index in [1.165, 1.54) is 10.8 Å². The van der Waals surface area contributed by atoms with Crippen LogP contribution in [0.15, 0.2) is 17.4 Å². The van der Waals surface area contributed by atoms with Crippen molar-refractivity contribution in [1.82, 2.24) is 0 Å². The van der Waals surface area contributed by atoms with E-state index in [9.17, 15) is 4.39 Å². The Bertz CT molecular complexity index is 128. The summed E-state index contributed by atoms with van der Waals surface area (Å²) >= 11 is 0. The molecule has 0 aromatic carbocycles. The number of alkyl halides is 1. The Hall–Kier alpha value is -0.730. The zero-order valence-corrected chi connectivity index (χ0v) is 4.00. The summed E-state index contributed by atoms with van der Waals surface area (Å²) in [5.74, 6) is 0. The molecule has 0 saturated carbocycles. The molecule has 0 spiro atoms. The van der Waals surface area contributed by atoms with E-state index in [-0.39, 0.29) is 0 Å². The van der Waals surface area contributed by atoms with Gasteiger partial charge in [0.05, 0.1) is 0 Å². The van der Waals surface area contributed by atoms with Crippen molar-refractivity contribution in [3.05, 3.63) is 12.3 Å². The smallest absolute Gasteiger partial charge is 0.210 e. The molecule has 0 bridgehead atoms. The van der Waals surface area contributed by atoms with Crippen molar-refractivity contribution >= 4 is 0 Å². The molecule has 1 aliphatic rings. The maximum atomic E-state index is 11.9. The van der Waals surface area contributed by atoms with Gasteiger partial charge < -0.3 is 0 Å². The normalized spacial score (nSPS) is 28.3. The Labute approximate surface area is 41.0 Å². The van der Waals surface area contributed by atoms with Gasteiger partial charge in [-0.2, -0.15) is 0 Å². The summed E-state index contributed by atoms with van der Waals surface area (Å²) in [5.41, 5.74) is 0. The highest BCUT2D eigenvalue weighted by molar-refractivity contribution is 4.81. The average molecular weight is 101 g/mol. The van der Waals surface area contributed by atoms with Crippen molar-refractivity contribution in [2.24, 2.45) is 5.11 Å². The lowest BCUT2D eigenvalue weighted by atomic mass is 10.6. The lowest BCUT2D eigenvalue weighted by Gasteiger charge is -1.74. The minimum absolute atomic E-state index is 1.11. The maximum Gasteiger partial charge on any atom is 0.275 e. The van der Waals surface area contributed by atoms with Crippen molar-refractivity contribution in [3.8, 4) is 0 Å². The number of azo groups is 2. The van der Waals surface area contributed by atoms with Crippen molar-refractivity contribution in [2.45, 2.75) is 6.30 Å². The predicted molar refractivity (Wildman–Crippen MR) is 22.6 cm³/mol. The fourth-order valence-corrected chi connectivity index (χ4v) is 0.447. The van der Waals surface area contributed by atoms with E-state index in [0.717, 1.165) is 0 Å².